The van der Waals surface area contributed by atoms with Crippen molar-refractivity contribution in [2.45, 2.75) is 20.0 Å². The van der Waals surface area contributed by atoms with Gasteiger partial charge in [-0.3, -0.25) is 0 Å². The van der Waals surface area contributed by atoms with Crippen LogP contribution in [0.5, 0.6) is 0 Å². The molecule has 0 saturated heterocycles. The molecule has 0 bridgehead atoms. The largest absolute Gasteiger partial charge is 0.416 e. The Morgan fingerprint density at radius 1 is 0.846 bits per heavy atom. The van der Waals surface area contributed by atoms with Crippen LogP contribution in [0.1, 0.15) is 16.7 Å². The zero-order valence-electron chi connectivity index (χ0n) is 14.2. The number of alkyl halides is 3. The van der Waals surface area contributed by atoms with Gasteiger partial charge in [-0.1, -0.05) is 12.1 Å². The molecule has 0 fully saturated rings. The van der Waals surface area contributed by atoms with Crippen molar-refractivity contribution in [2.24, 2.45) is 0 Å². The minimum absolute atomic E-state index is 0.207. The maximum Gasteiger partial charge on any atom is 0.416 e. The Morgan fingerprint density at radius 3 is 2.27 bits per heavy atom. The van der Waals surface area contributed by atoms with Gasteiger partial charge in [0.05, 0.1) is 5.56 Å². The second kappa shape index (κ2) is 7.03. The number of halogens is 3. The summed E-state index contributed by atoms with van der Waals surface area (Å²) < 4.78 is 38.4. The van der Waals surface area contributed by atoms with Gasteiger partial charge in [0, 0.05) is 17.6 Å². The van der Waals surface area contributed by atoms with E-state index in [4.69, 9.17) is 0 Å². The molecule has 0 aliphatic heterocycles. The van der Waals surface area contributed by atoms with Crippen molar-refractivity contribution in [3.05, 3.63) is 71.4 Å². The topological polar surface area (TPSA) is 49.8 Å². The fourth-order valence-electron chi connectivity index (χ4n) is 2.59. The van der Waals surface area contributed by atoms with Crippen molar-refractivity contribution < 1.29 is 13.2 Å². The Labute approximate surface area is 149 Å². The smallest absolute Gasteiger partial charge is 0.340 e. The summed E-state index contributed by atoms with van der Waals surface area (Å²) in [4.78, 5) is 8.36. The number of benzene rings is 2. The van der Waals surface area contributed by atoms with Gasteiger partial charge in [-0.15, -0.1) is 0 Å². The highest BCUT2D eigenvalue weighted by Crippen LogP contribution is 2.31. The number of nitrogens with zero attached hydrogens (tertiary/aromatic N) is 2. The molecule has 7 heteroatoms. The number of nitrogens with one attached hydrogen (secondary N) is 2. The quantitative estimate of drug-likeness (QED) is 0.637. The number of rotatable bonds is 4. The average Bonchev–Trinajstić information content (AvgIpc) is 2.53. The molecule has 0 amide bonds. The molecule has 3 rings (SSSR count). The highest BCUT2D eigenvalue weighted by atomic mass is 19.4. The number of aryl methyl sites for hydroxylation is 2. The van der Waals surface area contributed by atoms with Gasteiger partial charge in [-0.2, -0.15) is 18.2 Å². The Balaban J connectivity index is 1.79. The third-order valence-corrected chi connectivity index (χ3v) is 3.60. The van der Waals surface area contributed by atoms with Crippen molar-refractivity contribution in [2.75, 3.05) is 10.6 Å². The lowest BCUT2D eigenvalue weighted by Crippen LogP contribution is -2.06. The molecule has 1 aromatic heterocycles. The normalized spacial score (nSPS) is 11.3. The second-order valence-corrected chi connectivity index (χ2v) is 5.97. The van der Waals surface area contributed by atoms with Crippen LogP contribution in [0.3, 0.4) is 0 Å². The molecule has 0 aliphatic rings. The molecule has 0 spiro atoms. The van der Waals surface area contributed by atoms with Crippen LogP contribution >= 0.6 is 0 Å². The van der Waals surface area contributed by atoms with E-state index < -0.39 is 11.7 Å². The van der Waals surface area contributed by atoms with Crippen molar-refractivity contribution in [3.63, 3.8) is 0 Å². The van der Waals surface area contributed by atoms with Crippen LogP contribution in [-0.2, 0) is 6.18 Å². The first kappa shape index (κ1) is 17.7. The predicted octanol–water partition coefficient (Wildman–Crippen LogP) is 5.60. The summed E-state index contributed by atoms with van der Waals surface area (Å²) in [7, 11) is 0. The van der Waals surface area contributed by atoms with Crippen LogP contribution < -0.4 is 10.6 Å². The van der Waals surface area contributed by atoms with Gasteiger partial charge in [0.25, 0.3) is 0 Å². The molecule has 0 saturated carbocycles. The summed E-state index contributed by atoms with van der Waals surface area (Å²) in [6, 6.07) is 12.6. The van der Waals surface area contributed by atoms with Crippen LogP contribution in [-0.4, -0.2) is 9.97 Å². The van der Waals surface area contributed by atoms with Gasteiger partial charge in [0.1, 0.15) is 5.82 Å². The minimum atomic E-state index is -4.40. The number of hydrogen-bond donors (Lipinski definition) is 2. The fraction of sp³-hybridized carbons (Fsp3) is 0.158. The summed E-state index contributed by atoms with van der Waals surface area (Å²) in [6.45, 7) is 4.00. The Bertz CT molecular complexity index is 902. The molecule has 2 N–H and O–H groups in total. The van der Waals surface area contributed by atoms with Crippen molar-refractivity contribution in [1.82, 2.24) is 9.97 Å². The molecule has 26 heavy (non-hydrogen) atoms. The van der Waals surface area contributed by atoms with Gasteiger partial charge in [-0.05, 0) is 61.4 Å². The zero-order chi connectivity index (χ0) is 18.7. The Hall–Kier alpha value is -3.09. The lowest BCUT2D eigenvalue weighted by atomic mass is 10.1. The summed E-state index contributed by atoms with van der Waals surface area (Å²) >= 11 is 0. The molecule has 3 aromatic rings. The van der Waals surface area contributed by atoms with Gasteiger partial charge < -0.3 is 10.6 Å². The van der Waals surface area contributed by atoms with E-state index in [0.29, 0.717) is 5.82 Å². The van der Waals surface area contributed by atoms with E-state index in [9.17, 15) is 13.2 Å². The first-order valence-electron chi connectivity index (χ1n) is 7.92. The predicted molar refractivity (Wildman–Crippen MR) is 96.0 cm³/mol. The van der Waals surface area contributed by atoms with E-state index in [2.05, 4.69) is 26.7 Å². The van der Waals surface area contributed by atoms with Crippen molar-refractivity contribution in [3.8, 4) is 0 Å². The fourth-order valence-corrected chi connectivity index (χ4v) is 2.59. The van der Waals surface area contributed by atoms with Crippen LogP contribution in [0.2, 0.25) is 0 Å². The third-order valence-electron chi connectivity index (χ3n) is 3.60. The van der Waals surface area contributed by atoms with Gasteiger partial charge >= 0.3 is 6.18 Å². The summed E-state index contributed by atoms with van der Waals surface area (Å²) in [6.07, 6.45) is -2.86. The van der Waals surface area contributed by atoms with Gasteiger partial charge in [0.15, 0.2) is 0 Å². The molecule has 1 heterocycles. The Kier molecular flexibility index (Phi) is 4.79. The first-order valence-corrected chi connectivity index (χ1v) is 7.92. The molecule has 2 aromatic carbocycles. The first-order chi connectivity index (χ1) is 12.3. The van der Waals surface area contributed by atoms with E-state index in [1.54, 1.807) is 6.07 Å². The maximum absolute atomic E-state index is 12.8. The SMILES string of the molecule is Cc1cc(C)cc(Nc2ccnc(Nc3cccc(C(F)(F)F)c3)n2)c1. The maximum atomic E-state index is 12.8. The zero-order valence-corrected chi connectivity index (χ0v) is 14.2. The van der Waals surface area contributed by atoms with Gasteiger partial charge in [-0.25, -0.2) is 4.98 Å². The molecule has 4 nitrogen and oxygen atoms in total. The van der Waals surface area contributed by atoms with Crippen LogP contribution in [0.25, 0.3) is 0 Å². The standard InChI is InChI=1S/C19H17F3N4/c1-12-8-13(2)10-16(9-12)24-17-6-7-23-18(26-17)25-15-5-3-4-14(11-15)19(20,21)22/h3-11H,1-2H3,(H2,23,24,25,26). The van der Waals surface area contributed by atoms with Crippen molar-refractivity contribution in [1.29, 1.82) is 0 Å². The summed E-state index contributed by atoms with van der Waals surface area (Å²) in [5.41, 5.74) is 2.65. The van der Waals surface area contributed by atoms with E-state index in [1.165, 1.54) is 18.3 Å². The monoisotopic (exact) mass is 358 g/mol. The minimum Gasteiger partial charge on any atom is -0.340 e. The number of anilines is 4. The lowest BCUT2D eigenvalue weighted by molar-refractivity contribution is -0.137. The summed E-state index contributed by atoms with van der Waals surface area (Å²) in [5, 5.41) is 5.98. The highest BCUT2D eigenvalue weighted by molar-refractivity contribution is 5.61. The molecule has 0 aliphatic carbocycles. The highest BCUT2D eigenvalue weighted by Gasteiger charge is 2.30. The van der Waals surface area contributed by atoms with Crippen LogP contribution in [0, 0.1) is 13.8 Å². The Morgan fingerprint density at radius 2 is 1.58 bits per heavy atom. The van der Waals surface area contributed by atoms with Crippen molar-refractivity contribution >= 4 is 23.1 Å². The lowest BCUT2D eigenvalue weighted by Gasteiger charge is -2.11. The molecule has 0 radical (unpaired) electrons. The van der Waals surface area contributed by atoms with E-state index in [-0.39, 0.29) is 11.6 Å². The number of aromatic nitrogens is 2. The van der Waals surface area contributed by atoms with E-state index in [1.807, 2.05) is 26.0 Å². The average molecular weight is 358 g/mol. The molecule has 134 valence electrons. The van der Waals surface area contributed by atoms with Crippen LogP contribution in [0.4, 0.5) is 36.3 Å². The third kappa shape index (κ3) is 4.50. The second-order valence-electron chi connectivity index (χ2n) is 5.97. The summed E-state index contributed by atoms with van der Waals surface area (Å²) in [5.74, 6) is 0.748. The van der Waals surface area contributed by atoms with Gasteiger partial charge in [0.2, 0.25) is 5.95 Å². The molecule has 0 unspecified atom stereocenters. The van der Waals surface area contributed by atoms with E-state index in [0.717, 1.165) is 28.9 Å². The van der Waals surface area contributed by atoms with E-state index >= 15 is 0 Å². The molecular weight excluding hydrogens is 341 g/mol. The molecular formula is C19H17F3N4. The van der Waals surface area contributed by atoms with Crippen LogP contribution in [0.15, 0.2) is 54.7 Å². The number of hydrogen-bond acceptors (Lipinski definition) is 4. The molecule has 0 atom stereocenters.